The minimum absolute atomic E-state index is 0.752. The van der Waals surface area contributed by atoms with Crippen LogP contribution in [-0.2, 0) is 6.42 Å². The third-order valence-corrected chi connectivity index (χ3v) is 1.95. The summed E-state index contributed by atoms with van der Waals surface area (Å²) < 4.78 is 5.13. The van der Waals surface area contributed by atoms with Crippen LogP contribution in [0, 0.1) is 0 Å². The quantitative estimate of drug-likeness (QED) is 0.531. The third kappa shape index (κ3) is 2.49. The molecule has 1 aromatic rings. The molecule has 0 saturated heterocycles. The molecule has 0 aromatic heterocycles. The topological polar surface area (TPSA) is 30.8 Å². The van der Waals surface area contributed by atoms with Gasteiger partial charge in [0.15, 0.2) is 5.75 Å². The van der Waals surface area contributed by atoms with E-state index in [4.69, 9.17) is 9.57 Å². The molecule has 0 fully saturated rings. The lowest BCUT2D eigenvalue weighted by atomic mass is 10.1. The van der Waals surface area contributed by atoms with Crippen LogP contribution in [-0.4, -0.2) is 13.8 Å². The third-order valence-electron chi connectivity index (χ3n) is 1.95. The maximum atomic E-state index is 5.13. The summed E-state index contributed by atoms with van der Waals surface area (Å²) >= 11 is 0. The molecule has 0 saturated carbocycles. The molecule has 0 aliphatic carbocycles. The Hall–Kier alpha value is -1.51. The second-order valence-corrected chi connectivity index (χ2v) is 2.94. The van der Waals surface area contributed by atoms with E-state index in [0.717, 1.165) is 29.9 Å². The molecule has 0 bridgehead atoms. The Balaban J connectivity index is 2.96. The van der Waals surface area contributed by atoms with Gasteiger partial charge in [-0.25, -0.2) is 0 Å². The van der Waals surface area contributed by atoms with Crippen molar-refractivity contribution < 1.29 is 9.57 Å². The number of hydrogen-bond acceptors (Lipinski definition) is 3. The number of aryl methyl sites for hydroxylation is 1. The van der Waals surface area contributed by atoms with Gasteiger partial charge in [-0.2, -0.15) is 0 Å². The predicted molar refractivity (Wildman–Crippen MR) is 57.2 cm³/mol. The van der Waals surface area contributed by atoms with Crippen LogP contribution in [0.3, 0.4) is 0 Å². The summed E-state index contributed by atoms with van der Waals surface area (Å²) in [7, 11) is 1.65. The van der Waals surface area contributed by atoms with E-state index in [1.54, 1.807) is 7.11 Å². The lowest BCUT2D eigenvalue weighted by Gasteiger charge is -2.07. The van der Waals surface area contributed by atoms with E-state index in [1.165, 1.54) is 0 Å². The number of ether oxygens (including phenoxy) is 1. The lowest BCUT2D eigenvalue weighted by molar-refractivity contribution is 0.340. The van der Waals surface area contributed by atoms with Crippen molar-refractivity contribution >= 4 is 6.72 Å². The number of rotatable bonds is 5. The first-order valence-electron chi connectivity index (χ1n) is 4.61. The highest BCUT2D eigenvalue weighted by Crippen LogP contribution is 2.25. The standard InChI is InChI=1S/C11H15NO2/c1-4-5-9-8-10(13-3)6-7-11(9)14-12-2/h6-8H,2,4-5H2,1,3H3. The molecule has 0 amide bonds. The van der Waals surface area contributed by atoms with Crippen LogP contribution in [0.4, 0.5) is 0 Å². The van der Waals surface area contributed by atoms with Crippen LogP contribution < -0.4 is 9.57 Å². The molecule has 0 aliphatic heterocycles. The Morgan fingerprint density at radius 3 is 2.79 bits per heavy atom. The first kappa shape index (κ1) is 10.6. The fraction of sp³-hybridized carbons (Fsp3) is 0.364. The Kier molecular flexibility index (Phi) is 3.98. The smallest absolute Gasteiger partial charge is 0.161 e. The maximum Gasteiger partial charge on any atom is 0.161 e. The van der Waals surface area contributed by atoms with E-state index in [-0.39, 0.29) is 0 Å². The van der Waals surface area contributed by atoms with Gasteiger partial charge in [-0.3, -0.25) is 0 Å². The van der Waals surface area contributed by atoms with Gasteiger partial charge in [0.1, 0.15) is 5.75 Å². The second kappa shape index (κ2) is 5.27. The van der Waals surface area contributed by atoms with Crippen LogP contribution in [0.1, 0.15) is 18.9 Å². The van der Waals surface area contributed by atoms with Gasteiger partial charge in [0.2, 0.25) is 0 Å². The first-order valence-corrected chi connectivity index (χ1v) is 4.61. The molecule has 0 N–H and O–H groups in total. The highest BCUT2D eigenvalue weighted by molar-refractivity contribution is 5.40. The molecule has 76 valence electrons. The van der Waals surface area contributed by atoms with Crippen molar-refractivity contribution in [1.82, 2.24) is 0 Å². The Morgan fingerprint density at radius 2 is 2.21 bits per heavy atom. The summed E-state index contributed by atoms with van der Waals surface area (Å²) in [5.74, 6) is 1.59. The van der Waals surface area contributed by atoms with Gasteiger partial charge in [-0.1, -0.05) is 18.5 Å². The molecular formula is C11H15NO2. The molecule has 0 heterocycles. The zero-order chi connectivity index (χ0) is 10.4. The van der Waals surface area contributed by atoms with Crippen LogP contribution >= 0.6 is 0 Å². The van der Waals surface area contributed by atoms with Crippen LogP contribution in [0.5, 0.6) is 11.5 Å². The molecule has 1 aromatic carbocycles. The molecule has 0 radical (unpaired) electrons. The van der Waals surface area contributed by atoms with Crippen molar-refractivity contribution in [2.75, 3.05) is 7.11 Å². The van der Waals surface area contributed by atoms with Gasteiger partial charge in [-0.05, 0) is 24.6 Å². The van der Waals surface area contributed by atoms with Crippen LogP contribution in [0.15, 0.2) is 23.4 Å². The van der Waals surface area contributed by atoms with Crippen molar-refractivity contribution in [3.05, 3.63) is 23.8 Å². The van der Waals surface area contributed by atoms with Crippen molar-refractivity contribution in [3.8, 4) is 11.5 Å². The van der Waals surface area contributed by atoms with Gasteiger partial charge in [-0.15, -0.1) is 0 Å². The Bertz CT molecular complexity index is 310. The maximum absolute atomic E-state index is 5.13. The monoisotopic (exact) mass is 193 g/mol. The minimum atomic E-state index is 0.752. The number of hydrogen-bond donors (Lipinski definition) is 0. The molecule has 14 heavy (non-hydrogen) atoms. The summed E-state index contributed by atoms with van der Waals surface area (Å²) in [6.07, 6.45) is 2.00. The van der Waals surface area contributed by atoms with Crippen molar-refractivity contribution in [2.45, 2.75) is 19.8 Å². The SMILES string of the molecule is C=NOc1ccc(OC)cc1CCC. The Labute approximate surface area is 84.3 Å². The molecule has 0 aliphatic rings. The molecule has 3 heteroatoms. The molecule has 1 rings (SSSR count). The molecule has 0 atom stereocenters. The molecule has 0 spiro atoms. The summed E-state index contributed by atoms with van der Waals surface area (Å²) in [5, 5.41) is 3.41. The zero-order valence-corrected chi connectivity index (χ0v) is 8.62. The lowest BCUT2D eigenvalue weighted by Crippen LogP contribution is -1.92. The summed E-state index contributed by atoms with van der Waals surface area (Å²) in [4.78, 5) is 5.05. The van der Waals surface area contributed by atoms with Crippen molar-refractivity contribution in [3.63, 3.8) is 0 Å². The molecule has 0 unspecified atom stereocenters. The van der Waals surface area contributed by atoms with Gasteiger partial charge >= 0.3 is 0 Å². The van der Waals surface area contributed by atoms with Gasteiger partial charge in [0, 0.05) is 12.3 Å². The fourth-order valence-corrected chi connectivity index (χ4v) is 1.31. The fourth-order valence-electron chi connectivity index (χ4n) is 1.31. The van der Waals surface area contributed by atoms with Crippen LogP contribution in [0.25, 0.3) is 0 Å². The number of nitrogens with zero attached hydrogens (tertiary/aromatic N) is 1. The van der Waals surface area contributed by atoms with Crippen molar-refractivity contribution in [2.24, 2.45) is 5.16 Å². The van der Waals surface area contributed by atoms with Crippen molar-refractivity contribution in [1.29, 1.82) is 0 Å². The molecule has 3 nitrogen and oxygen atoms in total. The highest BCUT2D eigenvalue weighted by atomic mass is 16.6. The molecular weight excluding hydrogens is 178 g/mol. The second-order valence-electron chi connectivity index (χ2n) is 2.94. The normalized spacial score (nSPS) is 9.57. The number of methoxy groups -OCH3 is 1. The Morgan fingerprint density at radius 1 is 1.43 bits per heavy atom. The van der Waals surface area contributed by atoms with Crippen LogP contribution in [0.2, 0.25) is 0 Å². The largest absolute Gasteiger partial charge is 0.497 e. The summed E-state index contributed by atoms with van der Waals surface area (Å²) in [6.45, 7) is 5.41. The first-order chi connectivity index (χ1) is 6.81. The average Bonchev–Trinajstić information content (AvgIpc) is 2.21. The average molecular weight is 193 g/mol. The predicted octanol–water partition coefficient (Wildman–Crippen LogP) is 2.64. The van der Waals surface area contributed by atoms with Gasteiger partial charge in [0.25, 0.3) is 0 Å². The van der Waals surface area contributed by atoms with Gasteiger partial charge in [0.05, 0.1) is 7.11 Å². The summed E-state index contributed by atoms with van der Waals surface area (Å²) in [5.41, 5.74) is 1.10. The van der Waals surface area contributed by atoms with E-state index in [1.807, 2.05) is 18.2 Å². The van der Waals surface area contributed by atoms with E-state index < -0.39 is 0 Å². The zero-order valence-electron chi connectivity index (χ0n) is 8.62. The minimum Gasteiger partial charge on any atom is -0.497 e. The number of oxime groups is 1. The number of benzene rings is 1. The van der Waals surface area contributed by atoms with E-state index in [9.17, 15) is 0 Å². The van der Waals surface area contributed by atoms with E-state index >= 15 is 0 Å². The van der Waals surface area contributed by atoms with Gasteiger partial charge < -0.3 is 9.57 Å². The highest BCUT2D eigenvalue weighted by Gasteiger charge is 2.04. The summed E-state index contributed by atoms with van der Waals surface area (Å²) in [6, 6.07) is 5.65. The van der Waals surface area contributed by atoms with E-state index in [2.05, 4.69) is 18.8 Å². The van der Waals surface area contributed by atoms with E-state index in [0.29, 0.717) is 0 Å².